The first-order chi connectivity index (χ1) is 6.66. The number of aromatic amines is 1. The summed E-state index contributed by atoms with van der Waals surface area (Å²) in [4.78, 5) is 15.8. The van der Waals surface area contributed by atoms with Crippen molar-refractivity contribution < 1.29 is 0 Å². The van der Waals surface area contributed by atoms with Crippen molar-refractivity contribution in [2.75, 3.05) is 0 Å². The second kappa shape index (κ2) is 4.61. The van der Waals surface area contributed by atoms with Gasteiger partial charge in [0.2, 0.25) is 0 Å². The molecule has 0 amide bonds. The van der Waals surface area contributed by atoms with E-state index in [0.29, 0.717) is 5.25 Å². The van der Waals surface area contributed by atoms with Gasteiger partial charge in [0.1, 0.15) is 16.4 Å². The summed E-state index contributed by atoms with van der Waals surface area (Å²) in [6.07, 6.45) is 1.66. The maximum Gasteiger partial charge on any atom is 0.181 e. The first-order valence-corrected chi connectivity index (χ1v) is 5.39. The van der Waals surface area contributed by atoms with Crippen molar-refractivity contribution in [2.24, 2.45) is 0 Å². The van der Waals surface area contributed by atoms with E-state index in [1.54, 1.807) is 18.1 Å². The van der Waals surface area contributed by atoms with Crippen LogP contribution in [0.5, 0.6) is 0 Å². The molecule has 0 aliphatic heterocycles. The lowest BCUT2D eigenvalue weighted by atomic mass is 10.5. The highest BCUT2D eigenvalue weighted by Gasteiger charge is 2.09. The number of H-pyrrole nitrogens is 1. The van der Waals surface area contributed by atoms with Crippen molar-refractivity contribution in [1.82, 2.24) is 19.9 Å². The van der Waals surface area contributed by atoms with Gasteiger partial charge in [-0.25, -0.2) is 15.0 Å². The maximum atomic E-state index is 4.39. The van der Waals surface area contributed by atoms with E-state index in [1.807, 2.05) is 6.92 Å². The molecule has 0 saturated heterocycles. The van der Waals surface area contributed by atoms with Crippen molar-refractivity contribution in [3.8, 4) is 0 Å². The summed E-state index contributed by atoms with van der Waals surface area (Å²) in [6.45, 7) is 6.17. The average molecular weight is 224 g/mol. The van der Waals surface area contributed by atoms with Gasteiger partial charge < -0.3 is 4.98 Å². The molecule has 0 radical (unpaired) electrons. The van der Waals surface area contributed by atoms with E-state index in [-0.39, 0.29) is 7.43 Å². The SMILES string of the molecule is C.Cc1nc(SC(C)C)c2[nH]cnc2n1. The van der Waals surface area contributed by atoms with Gasteiger partial charge in [0, 0.05) is 5.25 Å². The van der Waals surface area contributed by atoms with E-state index in [2.05, 4.69) is 33.8 Å². The molecule has 0 saturated carbocycles. The molecule has 0 aliphatic rings. The Hall–Kier alpha value is -1.10. The Labute approximate surface area is 93.9 Å². The number of nitrogens with one attached hydrogen (secondary N) is 1. The van der Waals surface area contributed by atoms with Crippen LogP contribution in [-0.2, 0) is 0 Å². The van der Waals surface area contributed by atoms with E-state index in [4.69, 9.17) is 0 Å². The zero-order valence-corrected chi connectivity index (χ0v) is 9.22. The molecule has 0 fully saturated rings. The molecule has 2 rings (SSSR count). The Bertz CT molecular complexity index is 450. The van der Waals surface area contributed by atoms with Gasteiger partial charge in [-0.1, -0.05) is 21.3 Å². The van der Waals surface area contributed by atoms with Gasteiger partial charge in [-0.05, 0) is 6.92 Å². The van der Waals surface area contributed by atoms with Crippen LogP contribution in [0.1, 0.15) is 27.1 Å². The minimum absolute atomic E-state index is 0. The second-order valence-electron chi connectivity index (χ2n) is 3.34. The molecular weight excluding hydrogens is 208 g/mol. The van der Waals surface area contributed by atoms with E-state index < -0.39 is 0 Å². The highest BCUT2D eigenvalue weighted by atomic mass is 32.2. The molecule has 0 aromatic carbocycles. The van der Waals surface area contributed by atoms with Crippen molar-refractivity contribution in [3.05, 3.63) is 12.2 Å². The summed E-state index contributed by atoms with van der Waals surface area (Å²) in [5.41, 5.74) is 1.69. The van der Waals surface area contributed by atoms with Crippen LogP contribution in [0.2, 0.25) is 0 Å². The Balaban J connectivity index is 0.00000112. The second-order valence-corrected chi connectivity index (χ2v) is 4.91. The molecule has 0 bridgehead atoms. The van der Waals surface area contributed by atoms with Gasteiger partial charge in [-0.3, -0.25) is 0 Å². The summed E-state index contributed by atoms with van der Waals surface area (Å²) in [5.74, 6) is 0.771. The maximum absolute atomic E-state index is 4.39. The van der Waals surface area contributed by atoms with Gasteiger partial charge in [0.05, 0.1) is 6.33 Å². The molecule has 0 spiro atoms. The largest absolute Gasteiger partial charge is 0.341 e. The molecule has 2 aromatic rings. The van der Waals surface area contributed by atoms with Crippen LogP contribution < -0.4 is 0 Å². The van der Waals surface area contributed by atoms with E-state index in [0.717, 1.165) is 22.0 Å². The van der Waals surface area contributed by atoms with E-state index in [1.165, 1.54) is 0 Å². The number of nitrogens with zero attached hydrogens (tertiary/aromatic N) is 3. The van der Waals surface area contributed by atoms with Crippen LogP contribution in [0.4, 0.5) is 0 Å². The number of hydrogen-bond acceptors (Lipinski definition) is 4. The smallest absolute Gasteiger partial charge is 0.181 e. The summed E-state index contributed by atoms with van der Waals surface area (Å²) in [7, 11) is 0. The molecule has 4 nitrogen and oxygen atoms in total. The zero-order chi connectivity index (χ0) is 10.1. The van der Waals surface area contributed by atoms with Crippen LogP contribution >= 0.6 is 11.8 Å². The quantitative estimate of drug-likeness (QED) is 0.629. The molecule has 1 N–H and O–H groups in total. The van der Waals surface area contributed by atoms with Crippen LogP contribution in [0.25, 0.3) is 11.2 Å². The third-order valence-electron chi connectivity index (χ3n) is 1.71. The lowest BCUT2D eigenvalue weighted by molar-refractivity contribution is 0.990. The molecule has 82 valence electrons. The van der Waals surface area contributed by atoms with Crippen molar-refractivity contribution >= 4 is 22.9 Å². The Morgan fingerprint density at radius 2 is 2.07 bits per heavy atom. The molecule has 2 heterocycles. The number of fused-ring (bicyclic) bond motifs is 1. The lowest BCUT2D eigenvalue weighted by Crippen LogP contribution is -1.95. The monoisotopic (exact) mass is 224 g/mol. The number of aromatic nitrogens is 4. The van der Waals surface area contributed by atoms with Crippen LogP contribution in [0.15, 0.2) is 11.4 Å². The van der Waals surface area contributed by atoms with Gasteiger partial charge in [-0.15, -0.1) is 11.8 Å². The zero-order valence-electron chi connectivity index (χ0n) is 8.40. The first kappa shape index (κ1) is 12.0. The summed E-state index contributed by atoms with van der Waals surface area (Å²) in [6, 6.07) is 0. The van der Waals surface area contributed by atoms with E-state index >= 15 is 0 Å². The highest BCUT2D eigenvalue weighted by Crippen LogP contribution is 2.26. The molecule has 2 aromatic heterocycles. The number of rotatable bonds is 2. The average Bonchev–Trinajstić information content (AvgIpc) is 2.50. The van der Waals surface area contributed by atoms with Gasteiger partial charge in [0.25, 0.3) is 0 Å². The van der Waals surface area contributed by atoms with Gasteiger partial charge in [-0.2, -0.15) is 0 Å². The molecule has 0 atom stereocenters. The highest BCUT2D eigenvalue weighted by molar-refractivity contribution is 8.00. The molecule has 0 unspecified atom stereocenters. The lowest BCUT2D eigenvalue weighted by Gasteiger charge is -2.04. The van der Waals surface area contributed by atoms with Crippen LogP contribution in [0.3, 0.4) is 0 Å². The standard InChI is InChI=1S/C9H12N4S.CH4/c1-5(2)14-9-7-8(11-4-10-7)12-6(3)13-9;/h4-5H,1-3H3,(H,10,11,12,13);1H4. The summed E-state index contributed by atoms with van der Waals surface area (Å²) >= 11 is 1.72. The van der Waals surface area contributed by atoms with Gasteiger partial charge >= 0.3 is 0 Å². The van der Waals surface area contributed by atoms with Crippen LogP contribution in [-0.4, -0.2) is 25.2 Å². The predicted octanol–water partition coefficient (Wildman–Crippen LogP) is 2.80. The minimum atomic E-state index is 0. The number of hydrogen-bond donors (Lipinski definition) is 1. The third kappa shape index (κ3) is 2.47. The fourth-order valence-electron chi connectivity index (χ4n) is 1.22. The summed E-state index contributed by atoms with van der Waals surface area (Å²) < 4.78 is 0. The Morgan fingerprint density at radius 1 is 1.33 bits per heavy atom. The van der Waals surface area contributed by atoms with Crippen LogP contribution in [0, 0.1) is 6.92 Å². The topological polar surface area (TPSA) is 54.5 Å². The molecule has 0 aliphatic carbocycles. The number of aryl methyl sites for hydroxylation is 1. The third-order valence-corrected chi connectivity index (χ3v) is 2.70. The minimum Gasteiger partial charge on any atom is -0.341 e. The Morgan fingerprint density at radius 3 is 2.73 bits per heavy atom. The molecule has 15 heavy (non-hydrogen) atoms. The van der Waals surface area contributed by atoms with Crippen molar-refractivity contribution in [2.45, 2.75) is 38.5 Å². The van der Waals surface area contributed by atoms with E-state index in [9.17, 15) is 0 Å². The number of imidazole rings is 1. The van der Waals surface area contributed by atoms with Crippen molar-refractivity contribution in [3.63, 3.8) is 0 Å². The predicted molar refractivity (Wildman–Crippen MR) is 64.1 cm³/mol. The molecule has 5 heteroatoms. The molecular formula is C10H16N4S. The fraction of sp³-hybridized carbons (Fsp3) is 0.500. The summed E-state index contributed by atoms with van der Waals surface area (Å²) in [5, 5.41) is 1.50. The first-order valence-electron chi connectivity index (χ1n) is 4.51. The Kier molecular flexibility index (Phi) is 3.68. The normalized spacial score (nSPS) is 10.7. The fourth-order valence-corrected chi connectivity index (χ4v) is 2.12. The van der Waals surface area contributed by atoms with Crippen molar-refractivity contribution in [1.29, 1.82) is 0 Å². The number of thioether (sulfide) groups is 1. The van der Waals surface area contributed by atoms with Gasteiger partial charge in [0.15, 0.2) is 5.65 Å².